The largest absolute Gasteiger partial charge is 0.344 e. The Labute approximate surface area is 127 Å². The first-order chi connectivity index (χ1) is 10.1. The van der Waals surface area contributed by atoms with Gasteiger partial charge in [0.1, 0.15) is 0 Å². The molecule has 2 aromatic rings. The molecule has 0 fully saturated rings. The second kappa shape index (κ2) is 6.90. The summed E-state index contributed by atoms with van der Waals surface area (Å²) < 4.78 is 1.63. The van der Waals surface area contributed by atoms with Crippen molar-refractivity contribution in [2.24, 2.45) is 0 Å². The van der Waals surface area contributed by atoms with Gasteiger partial charge in [0.25, 0.3) is 0 Å². The number of carbonyl (C=O) groups is 1. The van der Waals surface area contributed by atoms with Crippen LogP contribution < -0.4 is 5.32 Å². The first-order valence-corrected chi connectivity index (χ1v) is 7.29. The lowest BCUT2D eigenvalue weighted by molar-refractivity contribution is -0.118. The Balaban J connectivity index is 2.12. The molecule has 0 spiro atoms. The van der Waals surface area contributed by atoms with Gasteiger partial charge in [-0.1, -0.05) is 35.4 Å². The number of carbonyl (C=O) groups excluding carboxylic acids is 1. The number of amides is 1. The van der Waals surface area contributed by atoms with E-state index in [2.05, 4.69) is 32.8 Å². The quantitative estimate of drug-likeness (QED) is 0.662. The average molecular weight is 301 g/mol. The maximum Gasteiger partial charge on any atom is 0.231 e. The summed E-state index contributed by atoms with van der Waals surface area (Å²) >= 11 is 1.27. The van der Waals surface area contributed by atoms with Crippen molar-refractivity contribution in [2.45, 2.75) is 19.0 Å². The number of terminal acetylenes is 1. The molecule has 1 aromatic carbocycles. The summed E-state index contributed by atoms with van der Waals surface area (Å²) in [5, 5.41) is 14.8. The van der Waals surface area contributed by atoms with Crippen molar-refractivity contribution in [3.05, 3.63) is 29.3 Å². The molecule has 6 nitrogen and oxygen atoms in total. The van der Waals surface area contributed by atoms with Gasteiger partial charge < -0.3 is 5.32 Å². The zero-order valence-corrected chi connectivity index (χ0v) is 12.6. The van der Waals surface area contributed by atoms with E-state index in [9.17, 15) is 4.79 Å². The van der Waals surface area contributed by atoms with E-state index in [-0.39, 0.29) is 18.2 Å². The molecular weight excluding hydrogens is 286 g/mol. The van der Waals surface area contributed by atoms with Gasteiger partial charge in [-0.15, -0.1) is 11.5 Å². The molecule has 2 rings (SSSR count). The predicted octanol–water partition coefficient (Wildman–Crippen LogP) is 1.12. The van der Waals surface area contributed by atoms with Crippen molar-refractivity contribution in [3.63, 3.8) is 0 Å². The third kappa shape index (κ3) is 3.83. The molecule has 1 aromatic heterocycles. The molecule has 1 N–H and O–H groups in total. The van der Waals surface area contributed by atoms with Crippen molar-refractivity contribution in [1.82, 2.24) is 25.5 Å². The summed E-state index contributed by atoms with van der Waals surface area (Å²) in [7, 11) is 0. The second-order valence-electron chi connectivity index (χ2n) is 4.43. The molecule has 0 aliphatic rings. The van der Waals surface area contributed by atoms with Crippen LogP contribution in [0.1, 0.15) is 11.1 Å². The lowest BCUT2D eigenvalue weighted by Crippen LogP contribution is -2.25. The van der Waals surface area contributed by atoms with Gasteiger partial charge in [0, 0.05) is 0 Å². The number of rotatable bonds is 5. The SMILES string of the molecule is C#CCNC(=O)CSc1nnnn1-c1ccc(C)cc1C. The van der Waals surface area contributed by atoms with Gasteiger partial charge in [-0.25, -0.2) is 0 Å². The summed E-state index contributed by atoms with van der Waals surface area (Å²) in [6.45, 7) is 4.25. The highest BCUT2D eigenvalue weighted by atomic mass is 32.2. The van der Waals surface area contributed by atoms with Crippen LogP contribution in [0, 0.1) is 26.2 Å². The number of hydrogen-bond donors (Lipinski definition) is 1. The van der Waals surface area contributed by atoms with Crippen molar-refractivity contribution in [1.29, 1.82) is 0 Å². The smallest absolute Gasteiger partial charge is 0.231 e. The number of hydrogen-bond acceptors (Lipinski definition) is 5. The van der Waals surface area contributed by atoms with Crippen LogP contribution in [-0.2, 0) is 4.79 Å². The van der Waals surface area contributed by atoms with Crippen LogP contribution in [0.5, 0.6) is 0 Å². The third-order valence-corrected chi connectivity index (χ3v) is 3.66. The highest BCUT2D eigenvalue weighted by Crippen LogP contribution is 2.21. The molecule has 0 bridgehead atoms. The minimum atomic E-state index is -0.145. The summed E-state index contributed by atoms with van der Waals surface area (Å²) in [6.07, 6.45) is 5.09. The zero-order valence-electron chi connectivity index (χ0n) is 11.8. The molecule has 21 heavy (non-hydrogen) atoms. The molecule has 0 aliphatic carbocycles. The fourth-order valence-electron chi connectivity index (χ4n) is 1.79. The van der Waals surface area contributed by atoms with E-state index in [1.54, 1.807) is 4.68 Å². The number of aromatic nitrogens is 4. The van der Waals surface area contributed by atoms with Crippen LogP contribution in [-0.4, -0.2) is 38.4 Å². The van der Waals surface area contributed by atoms with Crippen LogP contribution in [0.3, 0.4) is 0 Å². The molecule has 7 heteroatoms. The van der Waals surface area contributed by atoms with Crippen LogP contribution in [0.4, 0.5) is 0 Å². The Hall–Kier alpha value is -2.33. The van der Waals surface area contributed by atoms with Gasteiger partial charge >= 0.3 is 0 Å². The van der Waals surface area contributed by atoms with Crippen molar-refractivity contribution in [3.8, 4) is 18.0 Å². The summed E-state index contributed by atoms with van der Waals surface area (Å²) in [6, 6.07) is 6.02. The van der Waals surface area contributed by atoms with E-state index < -0.39 is 0 Å². The second-order valence-corrected chi connectivity index (χ2v) is 5.38. The minimum absolute atomic E-state index is 0.145. The lowest BCUT2D eigenvalue weighted by atomic mass is 10.1. The van der Waals surface area contributed by atoms with Crippen molar-refractivity contribution in [2.75, 3.05) is 12.3 Å². The molecular formula is C14H15N5OS. The van der Waals surface area contributed by atoms with Crippen molar-refractivity contribution >= 4 is 17.7 Å². The number of nitrogens with one attached hydrogen (secondary N) is 1. The minimum Gasteiger partial charge on any atom is -0.344 e. The predicted molar refractivity (Wildman–Crippen MR) is 81.2 cm³/mol. The Bertz CT molecular complexity index is 689. The molecule has 0 saturated carbocycles. The first kappa shape index (κ1) is 15.1. The molecule has 0 unspecified atom stereocenters. The van der Waals surface area contributed by atoms with Crippen LogP contribution in [0.15, 0.2) is 23.4 Å². The lowest BCUT2D eigenvalue weighted by Gasteiger charge is -2.08. The van der Waals surface area contributed by atoms with Crippen LogP contribution in [0.2, 0.25) is 0 Å². The normalized spacial score (nSPS) is 10.1. The Morgan fingerprint density at radius 2 is 2.29 bits per heavy atom. The van der Waals surface area contributed by atoms with E-state index in [0.717, 1.165) is 11.3 Å². The summed E-state index contributed by atoms with van der Waals surface area (Å²) in [5.41, 5.74) is 3.14. The molecule has 0 radical (unpaired) electrons. The number of aryl methyl sites for hydroxylation is 2. The molecule has 1 heterocycles. The molecule has 0 aliphatic heterocycles. The van der Waals surface area contributed by atoms with Crippen LogP contribution in [0.25, 0.3) is 5.69 Å². The van der Waals surface area contributed by atoms with Gasteiger partial charge in [0.2, 0.25) is 11.1 Å². The Morgan fingerprint density at radius 3 is 3.00 bits per heavy atom. The first-order valence-electron chi connectivity index (χ1n) is 6.31. The molecule has 108 valence electrons. The maximum atomic E-state index is 11.6. The fraction of sp³-hybridized carbons (Fsp3) is 0.286. The van der Waals surface area contributed by atoms with Gasteiger partial charge in [-0.3, -0.25) is 4.79 Å². The summed E-state index contributed by atoms with van der Waals surface area (Å²) in [4.78, 5) is 11.6. The number of benzene rings is 1. The zero-order chi connectivity index (χ0) is 15.2. The van der Waals surface area contributed by atoms with Gasteiger partial charge in [-0.05, 0) is 35.9 Å². The number of tetrazole rings is 1. The Kier molecular flexibility index (Phi) is 4.95. The van der Waals surface area contributed by atoms with E-state index in [0.29, 0.717) is 5.16 Å². The van der Waals surface area contributed by atoms with Crippen molar-refractivity contribution < 1.29 is 4.79 Å². The van der Waals surface area contributed by atoms with E-state index >= 15 is 0 Å². The van der Waals surface area contributed by atoms with E-state index in [4.69, 9.17) is 6.42 Å². The molecule has 0 saturated heterocycles. The van der Waals surface area contributed by atoms with Gasteiger partial charge in [0.05, 0.1) is 18.0 Å². The summed E-state index contributed by atoms with van der Waals surface area (Å²) in [5.74, 6) is 2.43. The standard InChI is InChI=1S/C14H15N5OS/c1-4-7-15-13(20)9-21-14-16-17-18-19(14)12-6-5-10(2)8-11(12)3/h1,5-6,8H,7,9H2,2-3H3,(H,15,20). The monoisotopic (exact) mass is 301 g/mol. The highest BCUT2D eigenvalue weighted by molar-refractivity contribution is 7.99. The highest BCUT2D eigenvalue weighted by Gasteiger charge is 2.12. The average Bonchev–Trinajstić information content (AvgIpc) is 2.91. The third-order valence-electron chi connectivity index (χ3n) is 2.74. The Morgan fingerprint density at radius 1 is 1.48 bits per heavy atom. The molecule has 0 atom stereocenters. The number of thioether (sulfide) groups is 1. The van der Waals surface area contributed by atoms with E-state index in [1.165, 1.54) is 17.3 Å². The van der Waals surface area contributed by atoms with E-state index in [1.807, 2.05) is 26.0 Å². The maximum absolute atomic E-state index is 11.6. The number of nitrogens with zero attached hydrogens (tertiary/aromatic N) is 4. The van der Waals surface area contributed by atoms with Crippen LogP contribution >= 0.6 is 11.8 Å². The van der Waals surface area contributed by atoms with Gasteiger partial charge in [0.15, 0.2) is 0 Å². The topological polar surface area (TPSA) is 72.7 Å². The fourth-order valence-corrected chi connectivity index (χ4v) is 2.51. The van der Waals surface area contributed by atoms with Gasteiger partial charge in [-0.2, -0.15) is 4.68 Å². The molecule has 1 amide bonds.